The zero-order valence-electron chi connectivity index (χ0n) is 30.2. The fraction of sp³-hybridized carbons (Fsp3) is 0.459. The van der Waals surface area contributed by atoms with Crippen molar-refractivity contribution in [2.24, 2.45) is 5.41 Å². The number of ether oxygens (including phenoxy) is 3. The van der Waals surface area contributed by atoms with E-state index in [0.717, 1.165) is 29.8 Å². The predicted molar refractivity (Wildman–Crippen MR) is 189 cm³/mol. The lowest BCUT2D eigenvalue weighted by Crippen LogP contribution is -2.48. The van der Waals surface area contributed by atoms with E-state index in [1.54, 1.807) is 12.3 Å². The SMILES string of the molecule is COC(=O)[C@H](CCN(C(=O)COC(C)=O)[C@@H](c1cc(-c2cc(F)ccc2F)cn1Cc1ccccc1)C(C)(C)C)NC(=O)OCC[Si](C)(C)C. The number of aromatic nitrogens is 1. The normalized spacial score (nSPS) is 12.8. The molecule has 0 fully saturated rings. The summed E-state index contributed by atoms with van der Waals surface area (Å²) >= 11 is 0. The van der Waals surface area contributed by atoms with E-state index in [-0.39, 0.29) is 25.1 Å². The highest BCUT2D eigenvalue weighted by molar-refractivity contribution is 6.76. The topological polar surface area (TPSA) is 116 Å². The summed E-state index contributed by atoms with van der Waals surface area (Å²) in [5.74, 6) is -3.18. The molecule has 272 valence electrons. The summed E-state index contributed by atoms with van der Waals surface area (Å²) < 4.78 is 46.8. The summed E-state index contributed by atoms with van der Waals surface area (Å²) in [6.45, 7) is 13.2. The third-order valence-corrected chi connectivity index (χ3v) is 9.72. The summed E-state index contributed by atoms with van der Waals surface area (Å²) in [6.07, 6.45) is 0.851. The number of nitrogens with one attached hydrogen (secondary N) is 1. The molecule has 2 atom stereocenters. The Hall–Kier alpha value is -4.52. The number of hydrogen-bond donors (Lipinski definition) is 1. The van der Waals surface area contributed by atoms with E-state index in [9.17, 15) is 23.6 Å². The molecule has 13 heteroatoms. The average molecular weight is 714 g/mol. The number of carbonyl (C=O) groups is 4. The molecule has 1 aromatic heterocycles. The van der Waals surface area contributed by atoms with Gasteiger partial charge in [-0.3, -0.25) is 9.59 Å². The highest BCUT2D eigenvalue weighted by Crippen LogP contribution is 2.41. The third kappa shape index (κ3) is 11.8. The van der Waals surface area contributed by atoms with Crippen LogP contribution in [0.5, 0.6) is 0 Å². The van der Waals surface area contributed by atoms with E-state index in [4.69, 9.17) is 14.2 Å². The van der Waals surface area contributed by atoms with Crippen molar-refractivity contribution in [3.8, 4) is 11.1 Å². The maximum absolute atomic E-state index is 15.1. The molecule has 1 N–H and O–H groups in total. The number of methoxy groups -OCH3 is 1. The molecule has 10 nitrogen and oxygen atoms in total. The Kier molecular flexibility index (Phi) is 13.9. The molecule has 2 aromatic carbocycles. The largest absolute Gasteiger partial charge is 0.467 e. The van der Waals surface area contributed by atoms with E-state index in [0.29, 0.717) is 17.8 Å². The summed E-state index contributed by atoms with van der Waals surface area (Å²) in [5, 5.41) is 2.57. The second-order valence-corrected chi connectivity index (χ2v) is 20.1. The number of carbonyl (C=O) groups excluding carboxylic acids is 4. The summed E-state index contributed by atoms with van der Waals surface area (Å²) in [5.41, 5.74) is 1.25. The van der Waals surface area contributed by atoms with Gasteiger partial charge < -0.3 is 29.0 Å². The Labute approximate surface area is 294 Å². The highest BCUT2D eigenvalue weighted by Gasteiger charge is 2.38. The molecule has 0 bridgehead atoms. The van der Waals surface area contributed by atoms with Crippen LogP contribution in [-0.4, -0.2) is 74.4 Å². The Balaban J connectivity index is 2.09. The number of alkyl carbamates (subject to hydrolysis) is 1. The number of nitrogens with zero attached hydrogens (tertiary/aromatic N) is 2. The van der Waals surface area contributed by atoms with E-state index in [2.05, 4.69) is 25.0 Å². The molecule has 0 radical (unpaired) electrons. The van der Waals surface area contributed by atoms with Gasteiger partial charge in [0, 0.05) is 51.1 Å². The van der Waals surface area contributed by atoms with Crippen LogP contribution in [0.1, 0.15) is 51.4 Å². The van der Waals surface area contributed by atoms with Gasteiger partial charge in [0.1, 0.15) is 17.7 Å². The van der Waals surface area contributed by atoms with E-state index in [1.165, 1.54) is 18.9 Å². The van der Waals surface area contributed by atoms with Crippen molar-refractivity contribution in [3.05, 3.63) is 83.7 Å². The number of hydrogen-bond acceptors (Lipinski definition) is 7. The van der Waals surface area contributed by atoms with E-state index < -0.39 is 67.8 Å². The number of benzene rings is 2. The monoisotopic (exact) mass is 713 g/mol. The lowest BCUT2D eigenvalue weighted by Gasteiger charge is -2.41. The second-order valence-electron chi connectivity index (χ2n) is 14.5. The number of esters is 2. The van der Waals surface area contributed by atoms with Crippen molar-refractivity contribution in [2.45, 2.75) is 78.4 Å². The van der Waals surface area contributed by atoms with Gasteiger partial charge in [0.25, 0.3) is 5.91 Å². The lowest BCUT2D eigenvalue weighted by atomic mass is 9.82. The minimum atomic E-state index is -1.49. The molecule has 3 aromatic rings. The van der Waals surface area contributed by atoms with Gasteiger partial charge in [-0.1, -0.05) is 70.7 Å². The fourth-order valence-electron chi connectivity index (χ4n) is 5.55. The molecular weight excluding hydrogens is 665 g/mol. The van der Waals surface area contributed by atoms with E-state index in [1.807, 2.05) is 55.7 Å². The molecule has 2 amide bonds. The van der Waals surface area contributed by atoms with Crippen LogP contribution in [-0.2, 0) is 35.1 Å². The number of rotatable bonds is 15. The molecule has 0 saturated carbocycles. The first-order valence-electron chi connectivity index (χ1n) is 16.5. The zero-order chi connectivity index (χ0) is 37.2. The van der Waals surface area contributed by atoms with E-state index >= 15 is 4.39 Å². The molecule has 0 unspecified atom stereocenters. The van der Waals surface area contributed by atoms with Gasteiger partial charge in [0.15, 0.2) is 6.61 Å². The molecule has 0 saturated heterocycles. The summed E-state index contributed by atoms with van der Waals surface area (Å²) in [7, 11) is -0.295. The molecule has 3 rings (SSSR count). The van der Waals surface area contributed by atoms with Crippen molar-refractivity contribution in [1.82, 2.24) is 14.8 Å². The minimum Gasteiger partial charge on any atom is -0.467 e. The molecule has 0 spiro atoms. The van der Waals surface area contributed by atoms with Crippen molar-refractivity contribution in [3.63, 3.8) is 0 Å². The highest BCUT2D eigenvalue weighted by atomic mass is 28.3. The Morgan fingerprint density at radius 1 is 0.980 bits per heavy atom. The van der Waals surface area contributed by atoms with Gasteiger partial charge in [-0.15, -0.1) is 0 Å². The fourth-order valence-corrected chi connectivity index (χ4v) is 6.26. The first-order chi connectivity index (χ1) is 23.4. The maximum Gasteiger partial charge on any atom is 0.407 e. The first-order valence-corrected chi connectivity index (χ1v) is 20.2. The Morgan fingerprint density at radius 2 is 1.66 bits per heavy atom. The summed E-state index contributed by atoms with van der Waals surface area (Å²) in [4.78, 5) is 52.8. The van der Waals surface area contributed by atoms with Crippen LogP contribution in [0.25, 0.3) is 11.1 Å². The average Bonchev–Trinajstić information content (AvgIpc) is 3.43. The van der Waals surface area contributed by atoms with Crippen molar-refractivity contribution in [2.75, 3.05) is 26.9 Å². The molecule has 1 heterocycles. The van der Waals surface area contributed by atoms with Crippen molar-refractivity contribution in [1.29, 1.82) is 0 Å². The van der Waals surface area contributed by atoms with Crippen LogP contribution in [0.4, 0.5) is 13.6 Å². The quantitative estimate of drug-likeness (QED) is 0.103. The van der Waals surface area contributed by atoms with Gasteiger partial charge in [-0.2, -0.15) is 0 Å². The van der Waals surface area contributed by atoms with Gasteiger partial charge in [0.2, 0.25) is 0 Å². The molecule has 0 aliphatic carbocycles. The molecular formula is C37H49F2N3O7Si. The summed E-state index contributed by atoms with van der Waals surface area (Å²) in [6, 6.07) is 13.3. The van der Waals surface area contributed by atoms with Crippen LogP contribution >= 0.6 is 0 Å². The van der Waals surface area contributed by atoms with Gasteiger partial charge in [-0.05, 0) is 47.7 Å². The van der Waals surface area contributed by atoms with Gasteiger partial charge in [0.05, 0.1) is 19.8 Å². The van der Waals surface area contributed by atoms with Crippen LogP contribution in [0.3, 0.4) is 0 Å². The molecule has 0 aliphatic rings. The van der Waals surface area contributed by atoms with Gasteiger partial charge >= 0.3 is 18.0 Å². The van der Waals surface area contributed by atoms with Crippen LogP contribution in [0.2, 0.25) is 25.7 Å². The van der Waals surface area contributed by atoms with Crippen molar-refractivity contribution < 1.29 is 42.2 Å². The predicted octanol–water partition coefficient (Wildman–Crippen LogP) is 6.96. The maximum atomic E-state index is 15.1. The third-order valence-electron chi connectivity index (χ3n) is 8.02. The standard InChI is InChI=1S/C37H49F2N3O7Si/c1-25(43)49-24-33(44)42(17-16-31(35(45)47-5)40-36(46)48-18-19-50(6,7)8)34(37(2,3)4)32-20-27(29-21-28(38)14-15-30(29)39)23-41(32)22-26-12-10-9-11-13-26/h9-15,20-21,23,31,34H,16-19,22,24H2,1-8H3,(H,40,46)/t31-,34-/m0/s1. The van der Waals surface area contributed by atoms with Crippen LogP contribution < -0.4 is 5.32 Å². The molecule has 0 aliphatic heterocycles. The number of halogens is 2. The first kappa shape index (κ1) is 39.9. The zero-order valence-corrected chi connectivity index (χ0v) is 31.2. The smallest absolute Gasteiger partial charge is 0.407 e. The van der Waals surface area contributed by atoms with Gasteiger partial charge in [-0.25, -0.2) is 18.4 Å². The minimum absolute atomic E-state index is 0.0473. The number of amides is 2. The van der Waals surface area contributed by atoms with Crippen LogP contribution in [0.15, 0.2) is 60.8 Å². The van der Waals surface area contributed by atoms with Crippen molar-refractivity contribution >= 4 is 32.0 Å². The lowest BCUT2D eigenvalue weighted by molar-refractivity contribution is -0.153. The van der Waals surface area contributed by atoms with Crippen LogP contribution in [0, 0.1) is 17.0 Å². The second kappa shape index (κ2) is 17.4. The molecule has 50 heavy (non-hydrogen) atoms. The Bertz CT molecular complexity index is 1630. The Morgan fingerprint density at radius 3 is 2.26 bits per heavy atom.